The number of benzene rings is 8. The summed E-state index contributed by atoms with van der Waals surface area (Å²) in [6, 6.07) is 58.4. The first-order valence-corrected chi connectivity index (χ1v) is 15.9. The van der Waals surface area contributed by atoms with E-state index in [4.69, 9.17) is 0 Å². The Hall–Kier alpha value is -5.46. The molecule has 0 aromatic heterocycles. The van der Waals surface area contributed by atoms with E-state index in [1.165, 1.54) is 88.0 Å². The summed E-state index contributed by atoms with van der Waals surface area (Å²) in [6.07, 6.45) is 0. The molecule has 0 saturated carbocycles. The van der Waals surface area contributed by atoms with Crippen molar-refractivity contribution in [2.24, 2.45) is 0 Å². The third kappa shape index (κ3) is 3.79. The molecule has 8 aromatic carbocycles. The van der Waals surface area contributed by atoms with Crippen LogP contribution in [-0.4, -0.2) is 0 Å². The van der Waals surface area contributed by atoms with Gasteiger partial charge in [0, 0.05) is 5.41 Å². The zero-order valence-electron chi connectivity index (χ0n) is 25.5. The van der Waals surface area contributed by atoms with E-state index in [9.17, 15) is 0 Å². The van der Waals surface area contributed by atoms with E-state index >= 15 is 0 Å². The highest BCUT2D eigenvalue weighted by atomic mass is 14.4. The van der Waals surface area contributed by atoms with Crippen molar-refractivity contribution in [1.82, 2.24) is 0 Å². The molecular weight excluding hydrogens is 540 g/mol. The van der Waals surface area contributed by atoms with Crippen LogP contribution in [0.4, 0.5) is 0 Å². The standard InChI is InChI=1S/C45H32/c1-45(2)41-25-12-11-18-34(41)40-28-30(26-27-42(40)45)43-36-20-7-9-22-38(36)44(39-23-10-8-21-37(39)43)35-19-6-5-17-33(35)32-24-13-15-29-14-3-4-16-31(29)32/h3-28H,1-2H3. The lowest BCUT2D eigenvalue weighted by molar-refractivity contribution is 0.660. The molecule has 0 atom stereocenters. The van der Waals surface area contributed by atoms with Crippen molar-refractivity contribution in [2.75, 3.05) is 0 Å². The van der Waals surface area contributed by atoms with Gasteiger partial charge in [-0.3, -0.25) is 0 Å². The van der Waals surface area contributed by atoms with E-state index in [2.05, 4.69) is 172 Å². The summed E-state index contributed by atoms with van der Waals surface area (Å²) in [5.74, 6) is 0. The Morgan fingerprint density at radius 2 is 0.822 bits per heavy atom. The molecule has 0 nitrogen and oxygen atoms in total. The highest BCUT2D eigenvalue weighted by molar-refractivity contribution is 6.23. The maximum absolute atomic E-state index is 2.45. The SMILES string of the molecule is CC1(C)c2ccccc2-c2cc(-c3c4ccccc4c(-c4ccccc4-c4cccc5ccccc45)c4ccccc34)ccc21. The lowest BCUT2D eigenvalue weighted by Gasteiger charge is -2.22. The number of fused-ring (bicyclic) bond motifs is 6. The first kappa shape index (κ1) is 26.0. The summed E-state index contributed by atoms with van der Waals surface area (Å²) < 4.78 is 0. The van der Waals surface area contributed by atoms with E-state index < -0.39 is 0 Å². The van der Waals surface area contributed by atoms with Gasteiger partial charge in [-0.15, -0.1) is 0 Å². The molecule has 0 unspecified atom stereocenters. The van der Waals surface area contributed by atoms with Gasteiger partial charge in [0.05, 0.1) is 0 Å². The average Bonchev–Trinajstić information content (AvgIpc) is 3.32. The predicted octanol–water partition coefficient (Wildman–Crippen LogP) is 12.5. The first-order valence-electron chi connectivity index (χ1n) is 15.9. The Balaban J connectivity index is 1.35. The van der Waals surface area contributed by atoms with Crippen molar-refractivity contribution >= 4 is 32.3 Å². The normalized spacial score (nSPS) is 13.3. The third-order valence-electron chi connectivity index (χ3n) is 10.1. The van der Waals surface area contributed by atoms with Crippen LogP contribution in [-0.2, 0) is 5.41 Å². The van der Waals surface area contributed by atoms with Crippen LogP contribution in [0.1, 0.15) is 25.0 Å². The van der Waals surface area contributed by atoms with Crippen LogP contribution in [0.3, 0.4) is 0 Å². The third-order valence-corrected chi connectivity index (χ3v) is 10.1. The molecule has 0 fully saturated rings. The molecule has 9 rings (SSSR count). The van der Waals surface area contributed by atoms with Crippen LogP contribution in [0.25, 0.3) is 76.8 Å². The Labute approximate surface area is 264 Å². The van der Waals surface area contributed by atoms with Gasteiger partial charge in [0.1, 0.15) is 0 Å². The first-order chi connectivity index (χ1) is 22.1. The summed E-state index contributed by atoms with van der Waals surface area (Å²) in [4.78, 5) is 0. The van der Waals surface area contributed by atoms with Crippen molar-refractivity contribution in [1.29, 1.82) is 0 Å². The molecule has 0 radical (unpaired) electrons. The summed E-state index contributed by atoms with van der Waals surface area (Å²) in [5.41, 5.74) is 13.2. The lowest BCUT2D eigenvalue weighted by atomic mass is 9.81. The van der Waals surface area contributed by atoms with Gasteiger partial charge in [0.15, 0.2) is 0 Å². The molecule has 0 heteroatoms. The van der Waals surface area contributed by atoms with Gasteiger partial charge in [-0.2, -0.15) is 0 Å². The molecule has 0 heterocycles. The van der Waals surface area contributed by atoms with E-state index in [0.717, 1.165) is 0 Å². The summed E-state index contributed by atoms with van der Waals surface area (Å²) in [6.45, 7) is 4.70. The molecule has 0 N–H and O–H groups in total. The van der Waals surface area contributed by atoms with Crippen LogP contribution in [0.5, 0.6) is 0 Å². The molecule has 8 aromatic rings. The highest BCUT2D eigenvalue weighted by Crippen LogP contribution is 2.51. The molecule has 0 spiro atoms. The molecule has 0 amide bonds. The van der Waals surface area contributed by atoms with Gasteiger partial charge >= 0.3 is 0 Å². The minimum absolute atomic E-state index is 0.0101. The number of rotatable bonds is 3. The second-order valence-electron chi connectivity index (χ2n) is 12.8. The van der Waals surface area contributed by atoms with E-state index in [0.29, 0.717) is 0 Å². The van der Waals surface area contributed by atoms with E-state index in [1.54, 1.807) is 0 Å². The fourth-order valence-electron chi connectivity index (χ4n) is 8.00. The summed E-state index contributed by atoms with van der Waals surface area (Å²) in [7, 11) is 0. The van der Waals surface area contributed by atoms with Gasteiger partial charge in [0.25, 0.3) is 0 Å². The Bertz CT molecular complexity index is 2390. The van der Waals surface area contributed by atoms with Crippen molar-refractivity contribution in [3.63, 3.8) is 0 Å². The maximum Gasteiger partial charge on any atom is 0.0158 e. The van der Waals surface area contributed by atoms with Crippen LogP contribution < -0.4 is 0 Å². The second kappa shape index (κ2) is 9.78. The molecule has 0 bridgehead atoms. The quantitative estimate of drug-likeness (QED) is 0.185. The molecule has 1 aliphatic rings. The molecule has 212 valence electrons. The van der Waals surface area contributed by atoms with E-state index in [-0.39, 0.29) is 5.41 Å². The predicted molar refractivity (Wildman–Crippen MR) is 193 cm³/mol. The molecule has 45 heavy (non-hydrogen) atoms. The minimum atomic E-state index is -0.0101. The number of hydrogen-bond donors (Lipinski definition) is 0. The zero-order valence-corrected chi connectivity index (χ0v) is 25.5. The molecule has 0 saturated heterocycles. The van der Waals surface area contributed by atoms with Gasteiger partial charge < -0.3 is 0 Å². The highest BCUT2D eigenvalue weighted by Gasteiger charge is 2.35. The minimum Gasteiger partial charge on any atom is -0.0619 e. The fourth-order valence-corrected chi connectivity index (χ4v) is 8.00. The Morgan fingerprint density at radius 1 is 0.333 bits per heavy atom. The number of hydrogen-bond acceptors (Lipinski definition) is 0. The molecular formula is C45H32. The van der Waals surface area contributed by atoms with Gasteiger partial charge in [0.2, 0.25) is 0 Å². The average molecular weight is 573 g/mol. The topological polar surface area (TPSA) is 0 Å². The lowest BCUT2D eigenvalue weighted by Crippen LogP contribution is -2.14. The van der Waals surface area contributed by atoms with Crippen LogP contribution in [0.15, 0.2) is 158 Å². The van der Waals surface area contributed by atoms with E-state index in [1.807, 2.05) is 0 Å². The van der Waals surface area contributed by atoms with Crippen molar-refractivity contribution < 1.29 is 0 Å². The van der Waals surface area contributed by atoms with Gasteiger partial charge in [-0.05, 0) is 94.0 Å². The summed E-state index contributed by atoms with van der Waals surface area (Å²) in [5, 5.41) is 7.66. The smallest absolute Gasteiger partial charge is 0.0158 e. The van der Waals surface area contributed by atoms with Crippen molar-refractivity contribution in [3.8, 4) is 44.5 Å². The Kier molecular flexibility index (Phi) is 5.64. The van der Waals surface area contributed by atoms with Crippen LogP contribution in [0, 0.1) is 0 Å². The maximum atomic E-state index is 2.45. The monoisotopic (exact) mass is 572 g/mol. The van der Waals surface area contributed by atoms with Gasteiger partial charge in [-0.1, -0.05) is 166 Å². The van der Waals surface area contributed by atoms with Crippen molar-refractivity contribution in [2.45, 2.75) is 19.3 Å². The Morgan fingerprint density at radius 3 is 1.53 bits per heavy atom. The van der Waals surface area contributed by atoms with Gasteiger partial charge in [-0.25, -0.2) is 0 Å². The van der Waals surface area contributed by atoms with Crippen LogP contribution in [0.2, 0.25) is 0 Å². The molecule has 1 aliphatic carbocycles. The largest absolute Gasteiger partial charge is 0.0619 e. The second-order valence-corrected chi connectivity index (χ2v) is 12.8. The molecule has 0 aliphatic heterocycles. The summed E-state index contributed by atoms with van der Waals surface area (Å²) >= 11 is 0. The fraction of sp³-hybridized carbons (Fsp3) is 0.0667. The van der Waals surface area contributed by atoms with Crippen LogP contribution >= 0.6 is 0 Å². The van der Waals surface area contributed by atoms with Crippen molar-refractivity contribution in [3.05, 3.63) is 169 Å². The zero-order chi connectivity index (χ0) is 30.1.